The normalized spacial score (nSPS) is 12.8. The highest BCUT2D eigenvalue weighted by atomic mass is 32.2. The number of hydrogen-bond donors (Lipinski definition) is 2. The molecule has 1 atom stereocenters. The van der Waals surface area contributed by atoms with Gasteiger partial charge in [0.25, 0.3) is 5.56 Å². The van der Waals surface area contributed by atoms with Crippen molar-refractivity contribution in [1.29, 1.82) is 0 Å². The molecule has 3 aromatic rings. The number of nitrogens with zero attached hydrogens (tertiary/aromatic N) is 3. The fourth-order valence-corrected chi connectivity index (χ4v) is 5.50. The Hall–Kier alpha value is -2.48. The molecule has 13 heteroatoms. The summed E-state index contributed by atoms with van der Waals surface area (Å²) in [5, 5.41) is 4.89. The van der Waals surface area contributed by atoms with Crippen molar-refractivity contribution in [1.82, 2.24) is 18.8 Å². The van der Waals surface area contributed by atoms with Crippen molar-refractivity contribution in [2.75, 3.05) is 17.3 Å². The van der Waals surface area contributed by atoms with Gasteiger partial charge in [0.1, 0.15) is 6.04 Å². The first kappa shape index (κ1) is 24.2. The van der Waals surface area contributed by atoms with Crippen LogP contribution in [0.1, 0.15) is 12.1 Å². The second-order valence-electron chi connectivity index (χ2n) is 7.12. The number of rotatable bonds is 8. The minimum atomic E-state index is -4.14. The molecule has 2 N–H and O–H groups in total. The summed E-state index contributed by atoms with van der Waals surface area (Å²) in [6.45, 7) is 1.79. The zero-order valence-electron chi connectivity index (χ0n) is 17.9. The minimum absolute atomic E-state index is 0.0841. The average Bonchev–Trinajstić information content (AvgIpc) is 3.17. The predicted octanol–water partition coefficient (Wildman–Crippen LogP) is 1.04. The van der Waals surface area contributed by atoms with Gasteiger partial charge in [-0.3, -0.25) is 18.7 Å². The second kappa shape index (κ2) is 9.57. The van der Waals surface area contributed by atoms with E-state index in [0.29, 0.717) is 16.4 Å². The van der Waals surface area contributed by atoms with Gasteiger partial charge < -0.3 is 5.32 Å². The quantitative estimate of drug-likeness (QED) is 0.475. The molecule has 0 saturated carbocycles. The van der Waals surface area contributed by atoms with Crippen molar-refractivity contribution in [2.45, 2.75) is 24.3 Å². The molecule has 172 valence electrons. The number of anilines is 1. The topological polar surface area (TPSA) is 132 Å². The number of aromatic nitrogens is 3. The van der Waals surface area contributed by atoms with Gasteiger partial charge in [-0.15, -0.1) is 11.3 Å². The monoisotopic (exact) mass is 497 g/mol. The first-order valence-corrected chi connectivity index (χ1v) is 13.2. The SMILES string of the molecule is CSCCC(NS(=O)(=O)c1ccc2c(c1)c(=O)n(C)c(=O)n2C)C(=O)Nc1nc(C)cs1. The molecule has 3 rings (SSSR count). The van der Waals surface area contributed by atoms with E-state index in [1.807, 2.05) is 6.26 Å². The molecular formula is C19H23N5O5S3. The Morgan fingerprint density at radius 3 is 2.59 bits per heavy atom. The Bertz CT molecular complexity index is 1390. The van der Waals surface area contributed by atoms with Gasteiger partial charge in [0.15, 0.2) is 5.13 Å². The van der Waals surface area contributed by atoms with E-state index in [1.54, 1.807) is 12.3 Å². The Morgan fingerprint density at radius 2 is 1.97 bits per heavy atom. The number of benzene rings is 1. The van der Waals surface area contributed by atoms with Crippen LogP contribution in [0, 0.1) is 6.92 Å². The zero-order valence-corrected chi connectivity index (χ0v) is 20.4. The van der Waals surface area contributed by atoms with Crippen LogP contribution in [-0.2, 0) is 28.9 Å². The molecule has 1 unspecified atom stereocenters. The lowest BCUT2D eigenvalue weighted by molar-refractivity contribution is -0.117. The van der Waals surface area contributed by atoms with E-state index in [0.717, 1.165) is 10.3 Å². The van der Waals surface area contributed by atoms with E-state index >= 15 is 0 Å². The Kier molecular flexibility index (Phi) is 7.22. The fourth-order valence-electron chi connectivity index (χ4n) is 3.08. The molecule has 32 heavy (non-hydrogen) atoms. The Labute approximate surface area is 192 Å². The Morgan fingerprint density at radius 1 is 1.25 bits per heavy atom. The molecule has 2 aromatic heterocycles. The summed E-state index contributed by atoms with van der Waals surface area (Å²) in [6.07, 6.45) is 2.12. The number of thiazole rings is 1. The van der Waals surface area contributed by atoms with Crippen molar-refractivity contribution < 1.29 is 13.2 Å². The largest absolute Gasteiger partial charge is 0.330 e. The predicted molar refractivity (Wildman–Crippen MR) is 127 cm³/mol. The van der Waals surface area contributed by atoms with Gasteiger partial charge in [-0.1, -0.05) is 0 Å². The zero-order chi connectivity index (χ0) is 23.6. The number of carbonyl (C=O) groups excluding carboxylic acids is 1. The molecule has 10 nitrogen and oxygen atoms in total. The van der Waals surface area contributed by atoms with Crippen molar-refractivity contribution in [3.05, 3.63) is 50.1 Å². The van der Waals surface area contributed by atoms with Gasteiger partial charge in [-0.25, -0.2) is 18.2 Å². The van der Waals surface area contributed by atoms with E-state index in [4.69, 9.17) is 0 Å². The van der Waals surface area contributed by atoms with Crippen LogP contribution in [-0.4, -0.2) is 46.5 Å². The lowest BCUT2D eigenvalue weighted by Gasteiger charge is -2.18. The highest BCUT2D eigenvalue weighted by Crippen LogP contribution is 2.18. The molecule has 0 aliphatic heterocycles. The molecule has 0 fully saturated rings. The maximum absolute atomic E-state index is 13.1. The molecule has 0 radical (unpaired) electrons. The van der Waals surface area contributed by atoms with Crippen LogP contribution in [0.2, 0.25) is 0 Å². The number of carbonyl (C=O) groups is 1. The minimum Gasteiger partial charge on any atom is -0.301 e. The summed E-state index contributed by atoms with van der Waals surface area (Å²) < 4.78 is 30.8. The van der Waals surface area contributed by atoms with E-state index in [-0.39, 0.29) is 16.7 Å². The number of aryl methyl sites for hydroxylation is 2. The van der Waals surface area contributed by atoms with Crippen molar-refractivity contribution in [2.24, 2.45) is 14.1 Å². The van der Waals surface area contributed by atoms with Crippen molar-refractivity contribution in [3.63, 3.8) is 0 Å². The smallest absolute Gasteiger partial charge is 0.301 e. The van der Waals surface area contributed by atoms with Crippen LogP contribution in [0.4, 0.5) is 5.13 Å². The third-order valence-corrected chi connectivity index (χ3v) is 7.81. The molecule has 1 aromatic carbocycles. The molecule has 2 heterocycles. The number of fused-ring (bicyclic) bond motifs is 1. The molecular weight excluding hydrogens is 474 g/mol. The van der Waals surface area contributed by atoms with E-state index in [9.17, 15) is 22.8 Å². The van der Waals surface area contributed by atoms with Crippen LogP contribution < -0.4 is 21.3 Å². The standard InChI is InChI=1S/C19H23N5O5S3/c1-11-10-31-18(20-11)21-16(25)14(7-8-30-4)22-32(28,29)12-5-6-15-13(9-12)17(26)24(3)19(27)23(15)2/h5-6,9-10,14,22H,7-8H2,1-4H3,(H,20,21,25). The number of sulfonamides is 1. The van der Waals surface area contributed by atoms with Crippen LogP contribution in [0.15, 0.2) is 38.1 Å². The number of hydrogen-bond acceptors (Lipinski definition) is 8. The maximum Gasteiger partial charge on any atom is 0.330 e. The first-order valence-electron chi connectivity index (χ1n) is 9.49. The fraction of sp³-hybridized carbons (Fsp3) is 0.368. The molecule has 0 aliphatic carbocycles. The number of thioether (sulfide) groups is 1. The van der Waals surface area contributed by atoms with Crippen LogP contribution >= 0.6 is 23.1 Å². The average molecular weight is 498 g/mol. The lowest BCUT2D eigenvalue weighted by Crippen LogP contribution is -2.44. The third-order valence-electron chi connectivity index (χ3n) is 4.82. The highest BCUT2D eigenvalue weighted by Gasteiger charge is 2.27. The van der Waals surface area contributed by atoms with Gasteiger partial charge in [-0.05, 0) is 43.6 Å². The molecule has 0 bridgehead atoms. The molecule has 1 amide bonds. The number of nitrogens with one attached hydrogen (secondary N) is 2. The van der Waals surface area contributed by atoms with Gasteiger partial charge >= 0.3 is 5.69 Å². The van der Waals surface area contributed by atoms with Gasteiger partial charge in [0.05, 0.1) is 21.5 Å². The van der Waals surface area contributed by atoms with Crippen molar-refractivity contribution >= 4 is 55.1 Å². The summed E-state index contributed by atoms with van der Waals surface area (Å²) in [5.41, 5.74) is -0.0509. The summed E-state index contributed by atoms with van der Waals surface area (Å²) in [6, 6.07) is 2.89. The van der Waals surface area contributed by atoms with Gasteiger partial charge in [0.2, 0.25) is 15.9 Å². The summed E-state index contributed by atoms with van der Waals surface area (Å²) in [5.74, 6) is 0.0359. The second-order valence-corrected chi connectivity index (χ2v) is 10.7. The third kappa shape index (κ3) is 4.95. The van der Waals surface area contributed by atoms with Crippen molar-refractivity contribution in [3.8, 4) is 0 Å². The van der Waals surface area contributed by atoms with Gasteiger partial charge in [0, 0.05) is 19.5 Å². The van der Waals surface area contributed by atoms with E-state index in [2.05, 4.69) is 15.0 Å². The van der Waals surface area contributed by atoms with E-state index in [1.165, 1.54) is 60.0 Å². The van der Waals surface area contributed by atoms with Gasteiger partial charge in [-0.2, -0.15) is 16.5 Å². The molecule has 0 saturated heterocycles. The molecule has 0 aliphatic rings. The molecule has 0 spiro atoms. The summed E-state index contributed by atoms with van der Waals surface area (Å²) in [7, 11) is -1.31. The first-order chi connectivity index (χ1) is 15.0. The number of amides is 1. The summed E-state index contributed by atoms with van der Waals surface area (Å²) >= 11 is 2.73. The maximum atomic E-state index is 13.1. The van der Waals surface area contributed by atoms with E-state index < -0.39 is 33.2 Å². The van der Waals surface area contributed by atoms with Crippen LogP contribution in [0.25, 0.3) is 10.9 Å². The lowest BCUT2D eigenvalue weighted by atomic mass is 10.2. The van der Waals surface area contributed by atoms with Crippen LogP contribution in [0.3, 0.4) is 0 Å². The van der Waals surface area contributed by atoms with Crippen LogP contribution in [0.5, 0.6) is 0 Å². The summed E-state index contributed by atoms with van der Waals surface area (Å²) in [4.78, 5) is 41.4. The highest BCUT2D eigenvalue weighted by molar-refractivity contribution is 7.98. The Balaban J connectivity index is 1.95.